The molecule has 68 heavy (non-hydrogen) atoms. The molecule has 8 aromatic rings. The van der Waals surface area contributed by atoms with Gasteiger partial charge in [-0.1, -0.05) is 31.9 Å². The molecular weight excluding hydrogens is 1040 g/mol. The third-order valence-electron chi connectivity index (χ3n) is 12.1. The number of aliphatic hydroxyl groups excluding tert-OH is 1. The van der Waals surface area contributed by atoms with Crippen LogP contribution in [0.4, 0.5) is 0 Å². The molecule has 3 fully saturated rings. The van der Waals surface area contributed by atoms with Gasteiger partial charge in [-0.25, -0.2) is 26.4 Å². The smallest absolute Gasteiger partial charge is 0.329 e. The molecule has 3 aliphatic rings. The standard InChI is InChI=1S/C22H23BrN4O3S.C13H16BrNO3S.C9H9N3O.C4H8O/c1-31(29,30)10-2-9-25-18(12-15-11-16(23)3-6-19(15)25)14-26-21-13-24-8-7-20(21)27(22(26)28)17-4-5-17;1-19(17,18)6-2-5-15-12(9-16)8-10-7-11(14)3-4-13(10)15;13-9-11-7-5-10-4-3-8(7)12(9)6-1-2-6;1-2-4-5-3-1/h3,6-8,11-13,17H,2,4-5,9-10,14H2,1H3;3-4,7-8,16H,2,5-6,9H2,1H3;3-6H,1-2H2,(H,11,13);1-4H2. The van der Waals surface area contributed by atoms with Crippen LogP contribution < -0.4 is 11.4 Å². The second-order valence-corrected chi connectivity index (χ2v) is 24.0. The lowest BCUT2D eigenvalue weighted by atomic mass is 10.2. The molecular formula is C48H56Br2N8O8S2. The van der Waals surface area contributed by atoms with E-state index in [-0.39, 0.29) is 35.5 Å². The van der Waals surface area contributed by atoms with E-state index in [1.165, 1.54) is 25.4 Å². The van der Waals surface area contributed by atoms with Gasteiger partial charge in [-0.05, 0) is 112 Å². The number of rotatable bonds is 13. The average Bonchev–Trinajstić information content (AvgIpc) is 4.08. The number of aromatic nitrogens is 8. The van der Waals surface area contributed by atoms with Gasteiger partial charge in [0.05, 0.1) is 59.1 Å². The van der Waals surface area contributed by atoms with Crippen LogP contribution in [0, 0.1) is 0 Å². The maximum Gasteiger partial charge on any atom is 0.329 e. The predicted molar refractivity (Wildman–Crippen MR) is 274 cm³/mol. The summed E-state index contributed by atoms with van der Waals surface area (Å²) < 4.78 is 62.1. The van der Waals surface area contributed by atoms with Crippen molar-refractivity contribution in [3.8, 4) is 0 Å². The van der Waals surface area contributed by atoms with E-state index in [0.29, 0.717) is 38.5 Å². The molecule has 362 valence electrons. The molecule has 0 unspecified atom stereocenters. The Labute approximate surface area is 411 Å². The highest BCUT2D eigenvalue weighted by Gasteiger charge is 2.29. The zero-order valence-electron chi connectivity index (χ0n) is 38.1. The lowest BCUT2D eigenvalue weighted by molar-refractivity contribution is 0.198. The number of aromatic amines is 1. The summed E-state index contributed by atoms with van der Waals surface area (Å²) in [6, 6.07) is 20.5. The number of halogens is 2. The summed E-state index contributed by atoms with van der Waals surface area (Å²) >= 11 is 6.94. The highest BCUT2D eigenvalue weighted by atomic mass is 79.9. The van der Waals surface area contributed by atoms with Crippen LogP contribution in [0.3, 0.4) is 0 Å². The Balaban J connectivity index is 0.000000142. The van der Waals surface area contributed by atoms with E-state index in [1.54, 1.807) is 29.4 Å². The molecule has 2 aliphatic carbocycles. The van der Waals surface area contributed by atoms with Crippen molar-refractivity contribution in [2.24, 2.45) is 0 Å². The first-order chi connectivity index (χ1) is 32.6. The van der Waals surface area contributed by atoms with Gasteiger partial charge in [0, 0.05) is 105 Å². The minimum absolute atomic E-state index is 0.00880. The van der Waals surface area contributed by atoms with Gasteiger partial charge in [-0.3, -0.25) is 23.7 Å². The number of hydrogen-bond donors (Lipinski definition) is 2. The van der Waals surface area contributed by atoms with E-state index < -0.39 is 19.7 Å². The predicted octanol–water partition coefficient (Wildman–Crippen LogP) is 7.92. The van der Waals surface area contributed by atoms with E-state index in [0.717, 1.165) is 103 Å². The number of aliphatic hydroxyl groups is 1. The number of nitrogens with one attached hydrogen (secondary N) is 1. The summed E-state index contributed by atoms with van der Waals surface area (Å²) in [6.07, 6.45) is 17.3. The highest BCUT2D eigenvalue weighted by molar-refractivity contribution is 9.10. The lowest BCUT2D eigenvalue weighted by Gasteiger charge is -2.11. The van der Waals surface area contributed by atoms with Gasteiger partial charge in [0.15, 0.2) is 0 Å². The summed E-state index contributed by atoms with van der Waals surface area (Å²) in [5.74, 6) is 0.293. The van der Waals surface area contributed by atoms with Gasteiger partial charge in [-0.15, -0.1) is 0 Å². The van der Waals surface area contributed by atoms with E-state index in [4.69, 9.17) is 4.74 Å². The van der Waals surface area contributed by atoms with E-state index in [9.17, 15) is 31.5 Å². The minimum Gasteiger partial charge on any atom is -0.390 e. The molecule has 7 heterocycles. The molecule has 6 aromatic heterocycles. The molecule has 0 atom stereocenters. The number of H-pyrrole nitrogens is 1. The van der Waals surface area contributed by atoms with Gasteiger partial charge in [0.2, 0.25) is 0 Å². The Kier molecular flexibility index (Phi) is 15.6. The Morgan fingerprint density at radius 3 is 1.72 bits per heavy atom. The highest BCUT2D eigenvalue weighted by Crippen LogP contribution is 2.37. The van der Waals surface area contributed by atoms with Crippen LogP contribution in [0.1, 0.15) is 74.8 Å². The molecule has 16 nitrogen and oxygen atoms in total. The van der Waals surface area contributed by atoms with Crippen molar-refractivity contribution >= 4 is 95.4 Å². The molecule has 11 rings (SSSR count). The zero-order chi connectivity index (χ0) is 48.2. The molecule has 20 heteroatoms. The molecule has 0 spiro atoms. The minimum atomic E-state index is -3.03. The fourth-order valence-electron chi connectivity index (χ4n) is 8.67. The third-order valence-corrected chi connectivity index (χ3v) is 15.2. The monoisotopic (exact) mass is 1090 g/mol. The van der Waals surface area contributed by atoms with Gasteiger partial charge in [0.1, 0.15) is 19.7 Å². The van der Waals surface area contributed by atoms with E-state index in [2.05, 4.69) is 57.4 Å². The van der Waals surface area contributed by atoms with Crippen LogP contribution in [0.5, 0.6) is 0 Å². The average molecular weight is 1100 g/mol. The number of benzene rings is 2. The first kappa shape index (κ1) is 49.6. The Morgan fingerprint density at radius 2 is 1.19 bits per heavy atom. The number of fused-ring (bicyclic) bond motifs is 4. The first-order valence-corrected chi connectivity index (χ1v) is 28.5. The van der Waals surface area contributed by atoms with Crippen LogP contribution in [-0.4, -0.2) is 97.0 Å². The quantitative estimate of drug-likeness (QED) is 0.114. The maximum atomic E-state index is 13.3. The number of nitrogens with zero attached hydrogens (tertiary/aromatic N) is 7. The normalized spacial score (nSPS) is 15.0. The number of ether oxygens (including phenoxy) is 1. The first-order valence-electron chi connectivity index (χ1n) is 22.8. The second kappa shape index (κ2) is 21.4. The molecule has 2 aromatic carbocycles. The number of aryl methyl sites for hydroxylation is 2. The Hall–Kier alpha value is -4.86. The van der Waals surface area contributed by atoms with Crippen LogP contribution in [0.15, 0.2) is 104 Å². The van der Waals surface area contributed by atoms with E-state index in [1.807, 2.05) is 68.3 Å². The Bertz CT molecular complexity index is 3410. The van der Waals surface area contributed by atoms with Crippen molar-refractivity contribution in [1.82, 2.24) is 37.8 Å². The van der Waals surface area contributed by atoms with Crippen molar-refractivity contribution in [3.63, 3.8) is 0 Å². The van der Waals surface area contributed by atoms with Crippen molar-refractivity contribution in [1.29, 1.82) is 0 Å². The molecule has 1 aliphatic heterocycles. The van der Waals surface area contributed by atoms with Crippen molar-refractivity contribution in [2.45, 2.75) is 89.7 Å². The topological polar surface area (TPSA) is 198 Å². The Morgan fingerprint density at radius 1 is 0.662 bits per heavy atom. The van der Waals surface area contributed by atoms with Crippen molar-refractivity contribution in [3.05, 3.63) is 127 Å². The summed E-state index contributed by atoms with van der Waals surface area (Å²) in [6.45, 7) is 3.52. The molecule has 0 radical (unpaired) electrons. The van der Waals surface area contributed by atoms with Gasteiger partial charge in [0.25, 0.3) is 0 Å². The molecule has 0 amide bonds. The van der Waals surface area contributed by atoms with Crippen LogP contribution >= 0.6 is 31.9 Å². The largest absolute Gasteiger partial charge is 0.390 e. The fourth-order valence-corrected chi connectivity index (χ4v) is 10.7. The summed E-state index contributed by atoms with van der Waals surface area (Å²) in [5, 5.41) is 11.5. The summed E-state index contributed by atoms with van der Waals surface area (Å²) in [7, 11) is -5.97. The maximum absolute atomic E-state index is 13.3. The lowest BCUT2D eigenvalue weighted by Crippen LogP contribution is -2.25. The van der Waals surface area contributed by atoms with Crippen molar-refractivity contribution < 1.29 is 26.7 Å². The van der Waals surface area contributed by atoms with Crippen LogP contribution in [0.2, 0.25) is 0 Å². The SMILES string of the molecule is C1CCOC1.CS(=O)(=O)CCCn1c(CO)cc2cc(Br)ccc21.CS(=O)(=O)CCCn1c(Cn2c(=O)n(C3CC3)c3ccncc32)cc2cc(Br)ccc21.O=c1[nH]c2cnccc2n1C1CC1. The number of hydrogen-bond acceptors (Lipinski definition) is 10. The molecule has 0 bridgehead atoms. The number of imidazole rings is 2. The van der Waals surface area contributed by atoms with Crippen LogP contribution in [0.25, 0.3) is 43.9 Å². The van der Waals surface area contributed by atoms with Gasteiger partial charge < -0.3 is 24.0 Å². The van der Waals surface area contributed by atoms with E-state index >= 15 is 0 Å². The van der Waals surface area contributed by atoms with Gasteiger partial charge in [-0.2, -0.15) is 0 Å². The fraction of sp³-hybridized carbons (Fsp3) is 0.417. The molecule has 1 saturated heterocycles. The molecule has 2 saturated carbocycles. The number of sulfone groups is 2. The van der Waals surface area contributed by atoms with Crippen molar-refractivity contribution in [2.75, 3.05) is 37.2 Å². The second-order valence-electron chi connectivity index (χ2n) is 17.7. The third kappa shape index (κ3) is 12.3. The zero-order valence-corrected chi connectivity index (χ0v) is 42.9. The number of pyridine rings is 2. The summed E-state index contributed by atoms with van der Waals surface area (Å²) in [4.78, 5) is 35.8. The summed E-state index contributed by atoms with van der Waals surface area (Å²) in [5.41, 5.74) is 7.36. The molecule has 2 N–H and O–H groups in total. The van der Waals surface area contributed by atoms with Crippen LogP contribution in [-0.2, 0) is 50.7 Å². The van der Waals surface area contributed by atoms with Gasteiger partial charge >= 0.3 is 11.4 Å².